The summed E-state index contributed by atoms with van der Waals surface area (Å²) in [6.07, 6.45) is 7.45. The first kappa shape index (κ1) is 14.0. The average molecular weight is 276 g/mol. The molecule has 0 aromatic rings. The zero-order chi connectivity index (χ0) is 12.1. The third kappa shape index (κ3) is 3.79. The molecule has 3 unspecified atom stereocenters. The lowest BCUT2D eigenvalue weighted by Crippen LogP contribution is -2.43. The molecule has 1 spiro atoms. The number of hydrogen-bond acceptors (Lipinski definition) is 4. The van der Waals surface area contributed by atoms with Crippen LogP contribution < -0.4 is 0 Å². The van der Waals surface area contributed by atoms with Gasteiger partial charge in [-0.1, -0.05) is 0 Å². The predicted octanol–water partition coefficient (Wildman–Crippen LogP) is 2.79. The molecule has 0 saturated carbocycles. The maximum absolute atomic E-state index is 10.3. The van der Waals surface area contributed by atoms with Crippen molar-refractivity contribution in [2.24, 2.45) is 5.92 Å². The molecule has 0 aliphatic carbocycles. The molecule has 1 N–H and O–H groups in total. The summed E-state index contributed by atoms with van der Waals surface area (Å²) in [7, 11) is 0. The van der Waals surface area contributed by atoms with Crippen LogP contribution in [0.15, 0.2) is 0 Å². The molecule has 2 rings (SSSR count). The molecular weight excluding hydrogens is 252 g/mol. The van der Waals surface area contributed by atoms with Crippen molar-refractivity contribution in [3.8, 4) is 0 Å². The van der Waals surface area contributed by atoms with Gasteiger partial charge >= 0.3 is 0 Å². The number of rotatable bonds is 5. The van der Waals surface area contributed by atoms with Crippen molar-refractivity contribution in [1.29, 1.82) is 0 Å². The minimum atomic E-state index is -0.103. The molecule has 0 bridgehead atoms. The molecule has 17 heavy (non-hydrogen) atoms. The minimum absolute atomic E-state index is 0.103. The van der Waals surface area contributed by atoms with Crippen molar-refractivity contribution in [2.75, 3.05) is 30.1 Å². The van der Waals surface area contributed by atoms with Crippen LogP contribution in [0.2, 0.25) is 0 Å². The fraction of sp³-hybridized carbons (Fsp3) is 1.00. The highest BCUT2D eigenvalue weighted by molar-refractivity contribution is 7.99. The van der Waals surface area contributed by atoms with E-state index >= 15 is 0 Å². The molecule has 2 aliphatic heterocycles. The normalized spacial score (nSPS) is 35.3. The van der Waals surface area contributed by atoms with E-state index in [9.17, 15) is 5.11 Å². The van der Waals surface area contributed by atoms with E-state index in [0.717, 1.165) is 38.0 Å². The summed E-state index contributed by atoms with van der Waals surface area (Å²) < 4.78 is 6.00. The van der Waals surface area contributed by atoms with Crippen LogP contribution in [0.1, 0.15) is 32.1 Å². The molecular formula is C13H24O2S2. The molecule has 0 radical (unpaired) electrons. The fourth-order valence-corrected chi connectivity index (χ4v) is 4.76. The number of thioether (sulfide) groups is 2. The Morgan fingerprint density at radius 2 is 2.47 bits per heavy atom. The molecule has 100 valence electrons. The second-order valence-electron chi connectivity index (χ2n) is 5.29. The third-order valence-electron chi connectivity index (χ3n) is 3.99. The molecule has 4 heteroatoms. The van der Waals surface area contributed by atoms with Gasteiger partial charge in [-0.3, -0.25) is 0 Å². The van der Waals surface area contributed by atoms with Gasteiger partial charge in [0, 0.05) is 12.4 Å². The van der Waals surface area contributed by atoms with E-state index in [0.29, 0.717) is 5.92 Å². The topological polar surface area (TPSA) is 29.5 Å². The van der Waals surface area contributed by atoms with E-state index in [1.165, 1.54) is 17.9 Å². The minimum Gasteiger partial charge on any atom is -0.393 e. The summed E-state index contributed by atoms with van der Waals surface area (Å²) in [5.74, 6) is 4.02. The standard InChI is InChI=1S/C13H24O2S2/c1-16-7-2-3-12(14)11-4-6-15-13(9-11)5-8-17-10-13/h11-12,14H,2-10H2,1H3. The van der Waals surface area contributed by atoms with Crippen molar-refractivity contribution in [3.63, 3.8) is 0 Å². The zero-order valence-electron chi connectivity index (χ0n) is 10.7. The van der Waals surface area contributed by atoms with Crippen molar-refractivity contribution in [2.45, 2.75) is 43.8 Å². The Balaban J connectivity index is 1.79. The quantitative estimate of drug-likeness (QED) is 0.782. The SMILES string of the molecule is CSCCCC(O)C1CCOC2(CCSC2)C1. The van der Waals surface area contributed by atoms with Crippen molar-refractivity contribution >= 4 is 23.5 Å². The number of ether oxygens (including phenoxy) is 1. The molecule has 2 saturated heterocycles. The van der Waals surface area contributed by atoms with Gasteiger partial charge in [-0.2, -0.15) is 23.5 Å². The first-order valence-electron chi connectivity index (χ1n) is 6.64. The lowest BCUT2D eigenvalue weighted by Gasteiger charge is -2.39. The number of hydrogen-bond donors (Lipinski definition) is 1. The van der Waals surface area contributed by atoms with E-state index in [1.807, 2.05) is 23.5 Å². The summed E-state index contributed by atoms with van der Waals surface area (Å²) >= 11 is 3.87. The van der Waals surface area contributed by atoms with Crippen LogP contribution in [0.4, 0.5) is 0 Å². The van der Waals surface area contributed by atoms with E-state index in [2.05, 4.69) is 6.26 Å². The van der Waals surface area contributed by atoms with E-state index in [4.69, 9.17) is 4.74 Å². The van der Waals surface area contributed by atoms with Gasteiger partial charge < -0.3 is 9.84 Å². The van der Waals surface area contributed by atoms with Crippen LogP contribution in [0, 0.1) is 5.92 Å². The molecule has 3 atom stereocenters. The Bertz CT molecular complexity index is 229. The van der Waals surface area contributed by atoms with E-state index in [-0.39, 0.29) is 11.7 Å². The highest BCUT2D eigenvalue weighted by atomic mass is 32.2. The molecule has 0 aromatic heterocycles. The maximum Gasteiger partial charge on any atom is 0.0783 e. The smallest absolute Gasteiger partial charge is 0.0783 e. The fourth-order valence-electron chi connectivity index (χ4n) is 2.93. The van der Waals surface area contributed by atoms with Gasteiger partial charge in [0.2, 0.25) is 0 Å². The summed E-state index contributed by atoms with van der Waals surface area (Å²) in [6, 6.07) is 0. The second-order valence-corrected chi connectivity index (χ2v) is 7.38. The van der Waals surface area contributed by atoms with E-state index < -0.39 is 0 Å². The molecule has 2 heterocycles. The van der Waals surface area contributed by atoms with Crippen LogP contribution in [-0.4, -0.2) is 46.9 Å². The molecule has 0 aromatic carbocycles. The van der Waals surface area contributed by atoms with Gasteiger partial charge in [-0.25, -0.2) is 0 Å². The van der Waals surface area contributed by atoms with Crippen LogP contribution in [-0.2, 0) is 4.74 Å². The summed E-state index contributed by atoms with van der Waals surface area (Å²) in [6.45, 7) is 0.852. The average Bonchev–Trinajstić information content (AvgIpc) is 2.77. The maximum atomic E-state index is 10.3. The Labute approximate surface area is 113 Å². The van der Waals surface area contributed by atoms with Crippen LogP contribution in [0.5, 0.6) is 0 Å². The van der Waals surface area contributed by atoms with Crippen molar-refractivity contribution in [1.82, 2.24) is 0 Å². The zero-order valence-corrected chi connectivity index (χ0v) is 12.3. The van der Waals surface area contributed by atoms with Gasteiger partial charge in [-0.05, 0) is 55.8 Å². The first-order valence-corrected chi connectivity index (χ1v) is 9.19. The Kier molecular flexibility index (Phi) is 5.52. The summed E-state index contributed by atoms with van der Waals surface area (Å²) in [5, 5.41) is 10.3. The Morgan fingerprint density at radius 1 is 1.59 bits per heavy atom. The Hall–Kier alpha value is 0.620. The highest BCUT2D eigenvalue weighted by Crippen LogP contribution is 2.41. The number of aliphatic hydroxyl groups is 1. The van der Waals surface area contributed by atoms with Gasteiger partial charge in [-0.15, -0.1) is 0 Å². The van der Waals surface area contributed by atoms with Crippen LogP contribution in [0.3, 0.4) is 0 Å². The van der Waals surface area contributed by atoms with Gasteiger partial charge in [0.15, 0.2) is 0 Å². The predicted molar refractivity (Wildman–Crippen MR) is 77.0 cm³/mol. The molecule has 2 nitrogen and oxygen atoms in total. The van der Waals surface area contributed by atoms with Gasteiger partial charge in [0.25, 0.3) is 0 Å². The largest absolute Gasteiger partial charge is 0.393 e. The van der Waals surface area contributed by atoms with Crippen LogP contribution >= 0.6 is 23.5 Å². The second kappa shape index (κ2) is 6.69. The third-order valence-corrected chi connectivity index (χ3v) is 5.91. The van der Waals surface area contributed by atoms with Crippen molar-refractivity contribution < 1.29 is 9.84 Å². The highest BCUT2D eigenvalue weighted by Gasteiger charge is 2.41. The first-order chi connectivity index (χ1) is 8.26. The van der Waals surface area contributed by atoms with E-state index in [1.54, 1.807) is 0 Å². The van der Waals surface area contributed by atoms with Crippen molar-refractivity contribution in [3.05, 3.63) is 0 Å². The van der Waals surface area contributed by atoms with Crippen LogP contribution in [0.25, 0.3) is 0 Å². The molecule has 2 fully saturated rings. The number of aliphatic hydroxyl groups excluding tert-OH is 1. The van der Waals surface area contributed by atoms with Gasteiger partial charge in [0.1, 0.15) is 0 Å². The van der Waals surface area contributed by atoms with Gasteiger partial charge in [0.05, 0.1) is 11.7 Å². The summed E-state index contributed by atoms with van der Waals surface area (Å²) in [4.78, 5) is 0. The lowest BCUT2D eigenvalue weighted by molar-refractivity contribution is -0.102. The summed E-state index contributed by atoms with van der Waals surface area (Å²) in [5.41, 5.74) is 0.119. The monoisotopic (exact) mass is 276 g/mol. The Morgan fingerprint density at radius 3 is 3.18 bits per heavy atom. The lowest BCUT2D eigenvalue weighted by atomic mass is 9.81. The molecule has 2 aliphatic rings. The molecule has 0 amide bonds.